The molecule has 0 aromatic carbocycles. The van der Waals surface area contributed by atoms with Crippen LogP contribution in [0.5, 0.6) is 0 Å². The second kappa shape index (κ2) is 6.33. The number of anilines is 1. The van der Waals surface area contributed by atoms with Crippen molar-refractivity contribution in [2.45, 2.75) is 37.8 Å². The summed E-state index contributed by atoms with van der Waals surface area (Å²) in [6.07, 6.45) is 3.76. The van der Waals surface area contributed by atoms with Crippen LogP contribution < -0.4 is 5.32 Å². The number of carbonyl (C=O) groups is 2. The van der Waals surface area contributed by atoms with Crippen molar-refractivity contribution in [1.82, 2.24) is 19.6 Å². The number of likely N-dealkylation sites (N-methyl/N-ethyl adjacent to an activating group) is 1. The van der Waals surface area contributed by atoms with E-state index in [0.29, 0.717) is 18.9 Å². The lowest BCUT2D eigenvalue weighted by Crippen LogP contribution is -2.50. The van der Waals surface area contributed by atoms with Gasteiger partial charge < -0.3 is 14.5 Å². The molecule has 0 radical (unpaired) electrons. The van der Waals surface area contributed by atoms with E-state index in [0.717, 1.165) is 38.0 Å². The highest BCUT2D eigenvalue weighted by atomic mass is 16.5. The van der Waals surface area contributed by atoms with E-state index in [4.69, 9.17) is 4.74 Å². The maximum atomic E-state index is 12.8. The molecule has 3 amide bonds. The summed E-state index contributed by atoms with van der Waals surface area (Å²) in [7, 11) is 3.63. The van der Waals surface area contributed by atoms with Crippen molar-refractivity contribution in [2.75, 3.05) is 32.1 Å². The van der Waals surface area contributed by atoms with E-state index in [1.165, 1.54) is 0 Å². The minimum Gasteiger partial charge on any atom is -0.372 e. The smallest absolute Gasteiger partial charge is 0.323 e. The van der Waals surface area contributed by atoms with Gasteiger partial charge in [0.25, 0.3) is 0 Å². The van der Waals surface area contributed by atoms with Crippen molar-refractivity contribution < 1.29 is 14.3 Å². The Hall–Kier alpha value is -2.09. The van der Waals surface area contributed by atoms with E-state index in [1.54, 1.807) is 9.58 Å². The van der Waals surface area contributed by atoms with Gasteiger partial charge >= 0.3 is 6.03 Å². The number of nitrogens with zero attached hydrogens (tertiary/aromatic N) is 4. The Kier molecular flexibility index (Phi) is 4.15. The fourth-order valence-corrected chi connectivity index (χ4v) is 4.23. The normalized spacial score (nSPS) is 29.2. The van der Waals surface area contributed by atoms with Gasteiger partial charge in [-0.05, 0) is 25.7 Å². The summed E-state index contributed by atoms with van der Waals surface area (Å²) >= 11 is 0. The van der Waals surface area contributed by atoms with Gasteiger partial charge in [0.2, 0.25) is 5.91 Å². The third-order valence-electron chi connectivity index (χ3n) is 5.59. The molecule has 136 valence electrons. The molecule has 25 heavy (non-hydrogen) atoms. The molecule has 8 nitrogen and oxygen atoms in total. The molecule has 1 aromatic rings. The minimum absolute atomic E-state index is 0.0253. The fourth-order valence-electron chi connectivity index (χ4n) is 4.23. The summed E-state index contributed by atoms with van der Waals surface area (Å²) in [5.74, 6) is 0.762. The number of urea groups is 1. The molecular formula is C17H25N5O3. The molecule has 1 N–H and O–H groups in total. The van der Waals surface area contributed by atoms with Crippen LogP contribution in [0.2, 0.25) is 0 Å². The molecule has 3 atom stereocenters. The molecule has 0 saturated carbocycles. The van der Waals surface area contributed by atoms with Gasteiger partial charge in [0.1, 0.15) is 11.9 Å². The Labute approximate surface area is 147 Å². The molecule has 3 aliphatic heterocycles. The molecular weight excluding hydrogens is 322 g/mol. The zero-order chi connectivity index (χ0) is 17.6. The molecule has 0 aliphatic carbocycles. The van der Waals surface area contributed by atoms with E-state index >= 15 is 0 Å². The van der Waals surface area contributed by atoms with Gasteiger partial charge in [-0.25, -0.2) is 4.79 Å². The van der Waals surface area contributed by atoms with Crippen LogP contribution in [-0.4, -0.2) is 64.3 Å². The lowest BCUT2D eigenvalue weighted by Gasteiger charge is -2.35. The number of carbonyl (C=O) groups excluding carboxylic acids is 2. The minimum atomic E-state index is -0.153. The van der Waals surface area contributed by atoms with Crippen molar-refractivity contribution >= 4 is 17.8 Å². The quantitative estimate of drug-likeness (QED) is 0.876. The van der Waals surface area contributed by atoms with Crippen LogP contribution in [0.4, 0.5) is 10.6 Å². The van der Waals surface area contributed by atoms with E-state index < -0.39 is 0 Å². The zero-order valence-corrected chi connectivity index (χ0v) is 14.8. The van der Waals surface area contributed by atoms with Gasteiger partial charge in [0, 0.05) is 39.9 Å². The predicted octanol–water partition coefficient (Wildman–Crippen LogP) is 1.36. The summed E-state index contributed by atoms with van der Waals surface area (Å²) in [6.45, 7) is 2.06. The number of likely N-dealkylation sites (tertiary alicyclic amines) is 2. The highest BCUT2D eigenvalue weighted by Gasteiger charge is 2.45. The first-order valence-electron chi connectivity index (χ1n) is 9.02. The standard InChI is InChI=1S/C17H25N5O3/c1-20-10-13-11(16(20)23)5-3-7-22(13)17(24)18-15-9-12(19-21(15)2)14-6-4-8-25-14/h9,11,13-14H,3-8,10H2,1-2H3,(H,18,24)/t11-,13-,14?/m1/s1. The average Bonchev–Trinajstić information content (AvgIpc) is 3.30. The fraction of sp³-hybridized carbons (Fsp3) is 0.706. The van der Waals surface area contributed by atoms with Crippen molar-refractivity contribution in [2.24, 2.45) is 13.0 Å². The summed E-state index contributed by atoms with van der Waals surface area (Å²) in [6, 6.07) is 1.71. The predicted molar refractivity (Wildman–Crippen MR) is 91.0 cm³/mol. The van der Waals surface area contributed by atoms with Gasteiger partial charge in [0.05, 0.1) is 17.7 Å². The molecule has 3 fully saturated rings. The van der Waals surface area contributed by atoms with Crippen LogP contribution >= 0.6 is 0 Å². The average molecular weight is 347 g/mol. The van der Waals surface area contributed by atoms with Gasteiger partial charge in [-0.15, -0.1) is 0 Å². The topological polar surface area (TPSA) is 79.7 Å². The Morgan fingerprint density at radius 1 is 1.32 bits per heavy atom. The molecule has 1 unspecified atom stereocenters. The highest BCUT2D eigenvalue weighted by Crippen LogP contribution is 2.32. The second-order valence-electron chi connectivity index (χ2n) is 7.24. The van der Waals surface area contributed by atoms with E-state index in [1.807, 2.05) is 25.1 Å². The molecule has 1 aromatic heterocycles. The lowest BCUT2D eigenvalue weighted by atomic mass is 9.92. The molecule has 4 heterocycles. The first-order chi connectivity index (χ1) is 12.0. The SMILES string of the molecule is CN1C[C@@H]2[C@@H](CCCN2C(=O)Nc2cc(C3CCCO3)nn2C)C1=O. The van der Waals surface area contributed by atoms with Crippen LogP contribution in [0.3, 0.4) is 0 Å². The number of ether oxygens (including phenoxy) is 1. The van der Waals surface area contributed by atoms with Crippen LogP contribution in [0.15, 0.2) is 6.07 Å². The number of hydrogen-bond acceptors (Lipinski definition) is 4. The van der Waals surface area contributed by atoms with Crippen LogP contribution in [0, 0.1) is 5.92 Å². The molecule has 3 aliphatic rings. The number of aromatic nitrogens is 2. The Morgan fingerprint density at radius 3 is 2.92 bits per heavy atom. The van der Waals surface area contributed by atoms with Crippen LogP contribution in [0.25, 0.3) is 0 Å². The maximum absolute atomic E-state index is 12.8. The summed E-state index contributed by atoms with van der Waals surface area (Å²) in [4.78, 5) is 28.6. The number of rotatable bonds is 2. The van der Waals surface area contributed by atoms with E-state index in [9.17, 15) is 9.59 Å². The number of hydrogen-bond donors (Lipinski definition) is 1. The maximum Gasteiger partial charge on any atom is 0.323 e. The van der Waals surface area contributed by atoms with Crippen molar-refractivity contribution in [3.05, 3.63) is 11.8 Å². The monoisotopic (exact) mass is 347 g/mol. The molecule has 4 rings (SSSR count). The number of aryl methyl sites for hydroxylation is 1. The lowest BCUT2D eigenvalue weighted by molar-refractivity contribution is -0.130. The Balaban J connectivity index is 1.47. The highest BCUT2D eigenvalue weighted by molar-refractivity contribution is 5.90. The van der Waals surface area contributed by atoms with Crippen molar-refractivity contribution in [3.63, 3.8) is 0 Å². The van der Waals surface area contributed by atoms with Crippen molar-refractivity contribution in [3.8, 4) is 0 Å². The van der Waals surface area contributed by atoms with Gasteiger partial charge in [-0.1, -0.05) is 0 Å². The summed E-state index contributed by atoms with van der Waals surface area (Å²) in [5, 5.41) is 7.45. The summed E-state index contributed by atoms with van der Waals surface area (Å²) < 4.78 is 7.35. The Morgan fingerprint density at radius 2 is 2.16 bits per heavy atom. The zero-order valence-electron chi connectivity index (χ0n) is 14.8. The number of piperidine rings is 1. The van der Waals surface area contributed by atoms with Gasteiger partial charge in [-0.3, -0.25) is 14.8 Å². The summed E-state index contributed by atoms with van der Waals surface area (Å²) in [5.41, 5.74) is 0.864. The van der Waals surface area contributed by atoms with Crippen molar-refractivity contribution in [1.29, 1.82) is 0 Å². The number of nitrogens with one attached hydrogen (secondary N) is 1. The largest absolute Gasteiger partial charge is 0.372 e. The second-order valence-corrected chi connectivity index (χ2v) is 7.24. The molecule has 3 saturated heterocycles. The van der Waals surface area contributed by atoms with E-state index in [-0.39, 0.29) is 30.0 Å². The molecule has 0 bridgehead atoms. The van der Waals surface area contributed by atoms with Crippen LogP contribution in [-0.2, 0) is 16.6 Å². The van der Waals surface area contributed by atoms with Crippen LogP contribution in [0.1, 0.15) is 37.5 Å². The number of fused-ring (bicyclic) bond motifs is 1. The Bertz CT molecular complexity index is 682. The van der Waals surface area contributed by atoms with Gasteiger partial charge in [0.15, 0.2) is 0 Å². The third kappa shape index (κ3) is 2.88. The number of amides is 3. The molecule has 0 spiro atoms. The van der Waals surface area contributed by atoms with E-state index in [2.05, 4.69) is 10.4 Å². The first-order valence-corrected chi connectivity index (χ1v) is 9.02. The third-order valence-corrected chi connectivity index (χ3v) is 5.59. The first kappa shape index (κ1) is 16.4. The van der Waals surface area contributed by atoms with Gasteiger partial charge in [-0.2, -0.15) is 5.10 Å². The molecule has 8 heteroatoms.